The van der Waals surface area contributed by atoms with Crippen LogP contribution in [0.15, 0.2) is 24.4 Å². The summed E-state index contributed by atoms with van der Waals surface area (Å²) in [6.45, 7) is 9.53. The molecule has 22 heavy (non-hydrogen) atoms. The van der Waals surface area contributed by atoms with Gasteiger partial charge in [0.25, 0.3) is 0 Å². The van der Waals surface area contributed by atoms with E-state index >= 15 is 0 Å². The summed E-state index contributed by atoms with van der Waals surface area (Å²) in [6.07, 6.45) is 8.43. The molecule has 3 nitrogen and oxygen atoms in total. The Balaban J connectivity index is 1.50. The molecule has 1 N–H and O–H groups in total. The van der Waals surface area contributed by atoms with Crippen molar-refractivity contribution in [3.8, 4) is 0 Å². The summed E-state index contributed by atoms with van der Waals surface area (Å²) in [7, 11) is 0. The normalized spacial score (nSPS) is 29.5. The van der Waals surface area contributed by atoms with E-state index in [2.05, 4.69) is 48.1 Å². The van der Waals surface area contributed by atoms with Crippen molar-refractivity contribution in [2.45, 2.75) is 65.0 Å². The van der Waals surface area contributed by atoms with Gasteiger partial charge in [0.15, 0.2) is 0 Å². The number of nitrogens with one attached hydrogen (secondary N) is 1. The molecule has 0 aromatic carbocycles. The lowest BCUT2D eigenvalue weighted by atomic mass is 9.70. The topological polar surface area (TPSA) is 28.2 Å². The van der Waals surface area contributed by atoms with E-state index in [9.17, 15) is 0 Å². The Labute approximate surface area is 135 Å². The zero-order chi connectivity index (χ0) is 15.6. The van der Waals surface area contributed by atoms with Gasteiger partial charge in [0, 0.05) is 31.4 Å². The summed E-state index contributed by atoms with van der Waals surface area (Å²) in [5, 5.41) is 3.97. The number of hydrogen-bond acceptors (Lipinski definition) is 3. The van der Waals surface area contributed by atoms with Crippen molar-refractivity contribution in [2.24, 2.45) is 11.3 Å². The first-order valence-corrected chi connectivity index (χ1v) is 8.94. The molecule has 1 saturated heterocycles. The molecule has 1 aliphatic heterocycles. The van der Waals surface area contributed by atoms with Crippen molar-refractivity contribution in [1.29, 1.82) is 0 Å². The molecule has 3 heteroatoms. The number of piperidine rings is 1. The second-order valence-corrected chi connectivity index (χ2v) is 8.23. The molecule has 2 heterocycles. The largest absolute Gasteiger partial charge is 0.357 e. The third kappa shape index (κ3) is 4.01. The number of anilines is 1. The molecule has 0 bridgehead atoms. The van der Waals surface area contributed by atoms with Gasteiger partial charge in [0.2, 0.25) is 0 Å². The lowest BCUT2D eigenvalue weighted by Crippen LogP contribution is -2.49. The molecule has 2 unspecified atom stereocenters. The van der Waals surface area contributed by atoms with Gasteiger partial charge in [-0.05, 0) is 55.6 Å². The first-order chi connectivity index (χ1) is 10.5. The fourth-order valence-electron chi connectivity index (χ4n) is 4.62. The molecule has 0 radical (unpaired) electrons. The maximum atomic E-state index is 4.48. The molecule has 1 aliphatic carbocycles. The summed E-state index contributed by atoms with van der Waals surface area (Å²) < 4.78 is 0. The van der Waals surface area contributed by atoms with Crippen LogP contribution in [0.2, 0.25) is 0 Å². The van der Waals surface area contributed by atoms with Gasteiger partial charge in [-0.1, -0.05) is 26.8 Å². The van der Waals surface area contributed by atoms with E-state index in [1.165, 1.54) is 32.1 Å². The van der Waals surface area contributed by atoms with E-state index < -0.39 is 0 Å². The Bertz CT molecular complexity index is 463. The Morgan fingerprint density at radius 1 is 1.14 bits per heavy atom. The Kier molecular flexibility index (Phi) is 4.72. The molecule has 0 amide bonds. The first kappa shape index (κ1) is 15.8. The summed E-state index contributed by atoms with van der Waals surface area (Å²) in [5.74, 6) is 1.99. The Morgan fingerprint density at radius 2 is 1.91 bits per heavy atom. The third-order valence-corrected chi connectivity index (χ3v) is 5.33. The minimum atomic E-state index is 0.504. The maximum Gasteiger partial charge on any atom is 0.128 e. The molecule has 1 aromatic heterocycles. The Hall–Kier alpha value is -1.09. The minimum absolute atomic E-state index is 0.504. The predicted molar refractivity (Wildman–Crippen MR) is 93.2 cm³/mol. The highest BCUT2D eigenvalue weighted by atomic mass is 15.2. The highest BCUT2D eigenvalue weighted by Crippen LogP contribution is 2.38. The molecular formula is C19H31N3. The van der Waals surface area contributed by atoms with Gasteiger partial charge in [-0.25, -0.2) is 4.98 Å². The molecular weight excluding hydrogens is 270 g/mol. The summed E-state index contributed by atoms with van der Waals surface area (Å²) in [6, 6.07) is 7.59. The quantitative estimate of drug-likeness (QED) is 0.919. The SMILES string of the molecule is CC1CC(NC2CCN(c3ccccn3)CC2)CC(C)(C)C1. The van der Waals surface area contributed by atoms with Crippen molar-refractivity contribution in [3.63, 3.8) is 0 Å². The molecule has 1 aromatic rings. The van der Waals surface area contributed by atoms with Crippen LogP contribution in [0, 0.1) is 11.3 Å². The average Bonchev–Trinajstić information content (AvgIpc) is 2.47. The highest BCUT2D eigenvalue weighted by Gasteiger charge is 2.33. The Morgan fingerprint density at radius 3 is 2.55 bits per heavy atom. The monoisotopic (exact) mass is 301 g/mol. The van der Waals surface area contributed by atoms with Crippen LogP contribution in [0.5, 0.6) is 0 Å². The van der Waals surface area contributed by atoms with E-state index in [1.807, 2.05) is 12.3 Å². The number of rotatable bonds is 3. The van der Waals surface area contributed by atoms with Gasteiger partial charge in [-0.3, -0.25) is 0 Å². The second kappa shape index (κ2) is 6.57. The first-order valence-electron chi connectivity index (χ1n) is 8.94. The van der Waals surface area contributed by atoms with Crippen LogP contribution < -0.4 is 10.2 Å². The van der Waals surface area contributed by atoms with Crippen LogP contribution in [0.4, 0.5) is 5.82 Å². The van der Waals surface area contributed by atoms with Crippen molar-refractivity contribution >= 4 is 5.82 Å². The minimum Gasteiger partial charge on any atom is -0.357 e. The average molecular weight is 301 g/mol. The molecule has 2 fully saturated rings. The van der Waals surface area contributed by atoms with Gasteiger partial charge in [0.1, 0.15) is 5.82 Å². The van der Waals surface area contributed by atoms with Gasteiger partial charge in [-0.15, -0.1) is 0 Å². The third-order valence-electron chi connectivity index (χ3n) is 5.33. The van der Waals surface area contributed by atoms with Crippen molar-refractivity contribution < 1.29 is 0 Å². The van der Waals surface area contributed by atoms with E-state index in [0.29, 0.717) is 17.5 Å². The molecule has 0 spiro atoms. The van der Waals surface area contributed by atoms with Crippen LogP contribution in [-0.2, 0) is 0 Å². The molecule has 3 rings (SSSR count). The lowest BCUT2D eigenvalue weighted by Gasteiger charge is -2.42. The molecule has 122 valence electrons. The number of pyridine rings is 1. The fourth-order valence-corrected chi connectivity index (χ4v) is 4.62. The molecule has 2 atom stereocenters. The standard InChI is InChI=1S/C19H31N3/c1-15-12-17(14-19(2,3)13-15)21-16-7-10-22(11-8-16)18-6-4-5-9-20-18/h4-6,9,15-17,21H,7-8,10-14H2,1-3H3. The van der Waals surface area contributed by atoms with Crippen LogP contribution in [0.1, 0.15) is 52.9 Å². The van der Waals surface area contributed by atoms with E-state index in [1.54, 1.807) is 0 Å². The van der Waals surface area contributed by atoms with E-state index in [4.69, 9.17) is 0 Å². The van der Waals surface area contributed by atoms with Crippen molar-refractivity contribution in [2.75, 3.05) is 18.0 Å². The fraction of sp³-hybridized carbons (Fsp3) is 0.737. The highest BCUT2D eigenvalue weighted by molar-refractivity contribution is 5.38. The molecule has 1 saturated carbocycles. The van der Waals surface area contributed by atoms with Crippen molar-refractivity contribution in [1.82, 2.24) is 10.3 Å². The van der Waals surface area contributed by atoms with Gasteiger partial charge >= 0.3 is 0 Å². The zero-order valence-electron chi connectivity index (χ0n) is 14.4. The number of aromatic nitrogens is 1. The summed E-state index contributed by atoms with van der Waals surface area (Å²) in [4.78, 5) is 6.90. The van der Waals surface area contributed by atoms with E-state index in [-0.39, 0.29) is 0 Å². The molecule has 2 aliphatic rings. The van der Waals surface area contributed by atoms with Crippen LogP contribution >= 0.6 is 0 Å². The maximum absolute atomic E-state index is 4.48. The van der Waals surface area contributed by atoms with Gasteiger partial charge < -0.3 is 10.2 Å². The van der Waals surface area contributed by atoms with Gasteiger partial charge in [-0.2, -0.15) is 0 Å². The van der Waals surface area contributed by atoms with Crippen LogP contribution in [-0.4, -0.2) is 30.2 Å². The predicted octanol–water partition coefficient (Wildman–Crippen LogP) is 3.85. The smallest absolute Gasteiger partial charge is 0.128 e. The zero-order valence-corrected chi connectivity index (χ0v) is 14.4. The lowest BCUT2D eigenvalue weighted by molar-refractivity contribution is 0.141. The number of nitrogens with zero attached hydrogens (tertiary/aromatic N) is 2. The van der Waals surface area contributed by atoms with Crippen LogP contribution in [0.3, 0.4) is 0 Å². The summed E-state index contributed by atoms with van der Waals surface area (Å²) in [5.41, 5.74) is 0.504. The van der Waals surface area contributed by atoms with Crippen molar-refractivity contribution in [3.05, 3.63) is 24.4 Å². The van der Waals surface area contributed by atoms with Gasteiger partial charge in [0.05, 0.1) is 0 Å². The second-order valence-electron chi connectivity index (χ2n) is 8.23. The van der Waals surface area contributed by atoms with Crippen LogP contribution in [0.25, 0.3) is 0 Å². The number of hydrogen-bond donors (Lipinski definition) is 1. The summed E-state index contributed by atoms with van der Waals surface area (Å²) >= 11 is 0. The van der Waals surface area contributed by atoms with E-state index in [0.717, 1.165) is 24.8 Å².